The van der Waals surface area contributed by atoms with Crippen LogP contribution in [0.4, 0.5) is 0 Å². The Bertz CT molecular complexity index is 474. The van der Waals surface area contributed by atoms with Gasteiger partial charge >= 0.3 is 0 Å². The molecule has 0 amide bonds. The minimum Gasteiger partial charge on any atom is -0.298 e. The quantitative estimate of drug-likeness (QED) is 0.712. The largest absolute Gasteiger partial charge is 0.298 e. The van der Waals surface area contributed by atoms with Crippen molar-refractivity contribution in [3.05, 3.63) is 47.8 Å². The number of hydrogen-bond donors (Lipinski definition) is 0. The average molecular weight is 200 g/mol. The van der Waals surface area contributed by atoms with Crippen molar-refractivity contribution in [2.24, 2.45) is 0 Å². The van der Waals surface area contributed by atoms with Crippen molar-refractivity contribution in [2.45, 2.75) is 13.3 Å². The minimum atomic E-state index is 0.598. The van der Waals surface area contributed by atoms with Gasteiger partial charge in [0.25, 0.3) is 0 Å². The Kier molecular flexibility index (Phi) is 2.63. The summed E-state index contributed by atoms with van der Waals surface area (Å²) >= 11 is 0. The van der Waals surface area contributed by atoms with Gasteiger partial charge in [-0.05, 0) is 18.1 Å². The predicted molar refractivity (Wildman–Crippen MR) is 58.3 cm³/mol. The van der Waals surface area contributed by atoms with E-state index in [2.05, 4.69) is 18.1 Å². The summed E-state index contributed by atoms with van der Waals surface area (Å²) in [6.07, 6.45) is 5.06. The first-order chi connectivity index (χ1) is 7.35. The Labute approximate surface area is 88.4 Å². The molecule has 0 aliphatic carbocycles. The molecule has 0 saturated carbocycles. The van der Waals surface area contributed by atoms with Crippen LogP contribution in [0, 0.1) is 0 Å². The molecule has 3 heteroatoms. The molecule has 2 rings (SSSR count). The van der Waals surface area contributed by atoms with Crippen LogP contribution in [-0.4, -0.2) is 16.1 Å². The SMILES string of the molecule is CCc1ccccc1-n1cc(C=O)cn1. The summed E-state index contributed by atoms with van der Waals surface area (Å²) in [7, 11) is 0. The average Bonchev–Trinajstić information content (AvgIpc) is 2.77. The van der Waals surface area contributed by atoms with E-state index < -0.39 is 0 Å². The number of hydrogen-bond acceptors (Lipinski definition) is 2. The van der Waals surface area contributed by atoms with E-state index >= 15 is 0 Å². The van der Waals surface area contributed by atoms with Crippen LogP contribution in [0.25, 0.3) is 5.69 Å². The molecule has 1 aromatic carbocycles. The van der Waals surface area contributed by atoms with Gasteiger partial charge in [0.2, 0.25) is 0 Å². The summed E-state index contributed by atoms with van der Waals surface area (Å²) in [5, 5.41) is 4.15. The van der Waals surface area contributed by atoms with Crippen molar-refractivity contribution in [2.75, 3.05) is 0 Å². The maximum Gasteiger partial charge on any atom is 0.153 e. The number of carbonyl (C=O) groups is 1. The topological polar surface area (TPSA) is 34.9 Å². The maximum atomic E-state index is 10.6. The van der Waals surface area contributed by atoms with Gasteiger partial charge in [-0.1, -0.05) is 25.1 Å². The smallest absolute Gasteiger partial charge is 0.153 e. The molecular formula is C12H12N2O. The second kappa shape index (κ2) is 4.09. The van der Waals surface area contributed by atoms with Gasteiger partial charge in [0.1, 0.15) is 0 Å². The van der Waals surface area contributed by atoms with Gasteiger partial charge < -0.3 is 0 Å². The lowest BCUT2D eigenvalue weighted by molar-refractivity contribution is 0.112. The van der Waals surface area contributed by atoms with E-state index in [0.717, 1.165) is 18.4 Å². The van der Waals surface area contributed by atoms with Gasteiger partial charge in [0, 0.05) is 6.20 Å². The number of aldehydes is 1. The standard InChI is InChI=1S/C12H12N2O/c1-2-11-5-3-4-6-12(11)14-8-10(9-15)7-13-14/h3-9H,2H2,1H3. The van der Waals surface area contributed by atoms with Gasteiger partial charge in [-0.3, -0.25) is 4.79 Å². The third-order valence-corrected chi connectivity index (χ3v) is 2.36. The molecule has 0 unspecified atom stereocenters. The van der Waals surface area contributed by atoms with Crippen molar-refractivity contribution in [3.8, 4) is 5.69 Å². The van der Waals surface area contributed by atoms with E-state index in [-0.39, 0.29) is 0 Å². The molecule has 3 nitrogen and oxygen atoms in total. The van der Waals surface area contributed by atoms with Crippen LogP contribution in [0.2, 0.25) is 0 Å². The second-order valence-electron chi connectivity index (χ2n) is 3.32. The Morgan fingerprint density at radius 3 is 2.87 bits per heavy atom. The molecular weight excluding hydrogens is 188 g/mol. The zero-order valence-corrected chi connectivity index (χ0v) is 8.55. The number of nitrogens with zero attached hydrogens (tertiary/aromatic N) is 2. The summed E-state index contributed by atoms with van der Waals surface area (Å²) in [4.78, 5) is 10.6. The highest BCUT2D eigenvalue weighted by molar-refractivity contribution is 5.73. The molecule has 0 bridgehead atoms. The molecule has 0 atom stereocenters. The fourth-order valence-electron chi connectivity index (χ4n) is 1.56. The van der Waals surface area contributed by atoms with Crippen LogP contribution >= 0.6 is 0 Å². The summed E-state index contributed by atoms with van der Waals surface area (Å²) in [5.74, 6) is 0. The second-order valence-corrected chi connectivity index (χ2v) is 3.32. The van der Waals surface area contributed by atoms with Gasteiger partial charge in [-0.15, -0.1) is 0 Å². The summed E-state index contributed by atoms with van der Waals surface area (Å²) in [6.45, 7) is 2.10. The van der Waals surface area contributed by atoms with Crippen molar-refractivity contribution in [1.82, 2.24) is 9.78 Å². The first kappa shape index (κ1) is 9.65. The highest BCUT2D eigenvalue weighted by Gasteiger charge is 2.03. The van der Waals surface area contributed by atoms with Crippen molar-refractivity contribution in [1.29, 1.82) is 0 Å². The molecule has 2 aromatic rings. The molecule has 0 aliphatic heterocycles. The normalized spacial score (nSPS) is 10.2. The molecule has 76 valence electrons. The fourth-order valence-corrected chi connectivity index (χ4v) is 1.56. The van der Waals surface area contributed by atoms with E-state index in [1.54, 1.807) is 17.1 Å². The van der Waals surface area contributed by atoms with Crippen molar-refractivity contribution < 1.29 is 4.79 Å². The third-order valence-electron chi connectivity index (χ3n) is 2.36. The lowest BCUT2D eigenvalue weighted by Crippen LogP contribution is -1.98. The Balaban J connectivity index is 2.48. The van der Waals surface area contributed by atoms with Crippen LogP contribution in [-0.2, 0) is 6.42 Å². The molecule has 0 radical (unpaired) electrons. The van der Waals surface area contributed by atoms with Crippen molar-refractivity contribution in [3.63, 3.8) is 0 Å². The number of para-hydroxylation sites is 1. The van der Waals surface area contributed by atoms with Gasteiger partial charge in [-0.25, -0.2) is 4.68 Å². The molecule has 0 N–H and O–H groups in total. The number of carbonyl (C=O) groups excluding carboxylic acids is 1. The molecule has 0 spiro atoms. The van der Waals surface area contributed by atoms with E-state index in [0.29, 0.717) is 5.56 Å². The Hall–Kier alpha value is -1.90. The van der Waals surface area contributed by atoms with E-state index in [4.69, 9.17) is 0 Å². The summed E-state index contributed by atoms with van der Waals surface area (Å²) < 4.78 is 1.74. The Morgan fingerprint density at radius 2 is 2.20 bits per heavy atom. The molecule has 0 fully saturated rings. The molecule has 0 saturated heterocycles. The van der Waals surface area contributed by atoms with E-state index in [1.807, 2.05) is 18.2 Å². The maximum absolute atomic E-state index is 10.6. The van der Waals surface area contributed by atoms with Crippen molar-refractivity contribution >= 4 is 6.29 Å². The number of rotatable bonds is 3. The summed E-state index contributed by atoms with van der Waals surface area (Å²) in [6, 6.07) is 8.04. The van der Waals surface area contributed by atoms with Gasteiger partial charge in [0.05, 0.1) is 17.4 Å². The molecule has 1 heterocycles. The highest BCUT2D eigenvalue weighted by Crippen LogP contribution is 2.14. The van der Waals surface area contributed by atoms with Gasteiger partial charge in [0.15, 0.2) is 6.29 Å². The number of aryl methyl sites for hydroxylation is 1. The van der Waals surface area contributed by atoms with Gasteiger partial charge in [-0.2, -0.15) is 5.10 Å². The molecule has 15 heavy (non-hydrogen) atoms. The van der Waals surface area contributed by atoms with Crippen LogP contribution in [0.15, 0.2) is 36.7 Å². The zero-order valence-electron chi connectivity index (χ0n) is 8.55. The third kappa shape index (κ3) is 1.81. The minimum absolute atomic E-state index is 0.598. The molecule has 1 aromatic heterocycles. The fraction of sp³-hybridized carbons (Fsp3) is 0.167. The highest BCUT2D eigenvalue weighted by atomic mass is 16.1. The van der Waals surface area contributed by atoms with Crippen LogP contribution in [0.1, 0.15) is 22.8 Å². The predicted octanol–water partition coefficient (Wildman–Crippen LogP) is 2.25. The Morgan fingerprint density at radius 1 is 1.40 bits per heavy atom. The lowest BCUT2D eigenvalue weighted by Gasteiger charge is -2.06. The first-order valence-corrected chi connectivity index (χ1v) is 4.93. The van der Waals surface area contributed by atoms with E-state index in [1.165, 1.54) is 5.56 Å². The monoisotopic (exact) mass is 200 g/mol. The van der Waals surface area contributed by atoms with E-state index in [9.17, 15) is 4.79 Å². The number of aromatic nitrogens is 2. The first-order valence-electron chi connectivity index (χ1n) is 4.93. The zero-order chi connectivity index (χ0) is 10.7. The van der Waals surface area contributed by atoms with Crippen LogP contribution < -0.4 is 0 Å². The van der Waals surface area contributed by atoms with Crippen LogP contribution in [0.5, 0.6) is 0 Å². The lowest BCUT2D eigenvalue weighted by atomic mass is 10.1. The summed E-state index contributed by atoms with van der Waals surface area (Å²) in [5.41, 5.74) is 2.85. The van der Waals surface area contributed by atoms with Crippen LogP contribution in [0.3, 0.4) is 0 Å². The number of benzene rings is 1. The molecule has 0 aliphatic rings.